The summed E-state index contributed by atoms with van der Waals surface area (Å²) in [5.41, 5.74) is 0.560. The minimum absolute atomic E-state index is 0.0273. The summed E-state index contributed by atoms with van der Waals surface area (Å²) in [6, 6.07) is 0.226. The Labute approximate surface area is 100.0 Å². The number of carbonyl (C=O) groups is 1. The van der Waals surface area contributed by atoms with Crippen LogP contribution in [-0.4, -0.2) is 28.2 Å². The number of rotatable bonds is 3. The highest BCUT2D eigenvalue weighted by Gasteiger charge is 2.32. The number of nitrogens with one attached hydrogen (secondary N) is 1. The first-order chi connectivity index (χ1) is 7.65. The molecule has 2 unspecified atom stereocenters. The minimum Gasteiger partial charge on any atom is -0.313 e. The third kappa shape index (κ3) is 1.87. The van der Waals surface area contributed by atoms with Gasteiger partial charge in [-0.1, -0.05) is 11.6 Å². The van der Waals surface area contributed by atoms with Gasteiger partial charge in [0.15, 0.2) is 5.78 Å². The molecule has 1 aliphatic heterocycles. The number of Topliss-reactive ketones (excluding diaryl/α,β-unsaturated/α-hetero) is 1. The largest absolute Gasteiger partial charge is 0.313 e. The SMILES string of the molecule is CCn1ncc(Cl)c1C(=O)C1CCNC1C. The maximum atomic E-state index is 12.3. The number of aromatic nitrogens is 2. The number of halogens is 1. The maximum Gasteiger partial charge on any atom is 0.187 e. The molecular weight excluding hydrogens is 226 g/mol. The van der Waals surface area contributed by atoms with Crippen molar-refractivity contribution in [2.24, 2.45) is 5.92 Å². The molecule has 1 aliphatic rings. The van der Waals surface area contributed by atoms with Crippen molar-refractivity contribution in [2.75, 3.05) is 6.54 Å². The molecule has 0 bridgehead atoms. The van der Waals surface area contributed by atoms with Gasteiger partial charge in [-0.3, -0.25) is 9.48 Å². The van der Waals surface area contributed by atoms with Crippen LogP contribution in [0.4, 0.5) is 0 Å². The Kier molecular flexibility index (Phi) is 3.30. The fourth-order valence-electron chi connectivity index (χ4n) is 2.24. The normalized spacial score (nSPS) is 24.9. The number of hydrogen-bond donors (Lipinski definition) is 1. The van der Waals surface area contributed by atoms with E-state index < -0.39 is 0 Å². The van der Waals surface area contributed by atoms with E-state index in [0.29, 0.717) is 17.3 Å². The van der Waals surface area contributed by atoms with Gasteiger partial charge < -0.3 is 5.32 Å². The van der Waals surface area contributed by atoms with Gasteiger partial charge in [0.2, 0.25) is 0 Å². The van der Waals surface area contributed by atoms with Crippen LogP contribution in [0.1, 0.15) is 30.8 Å². The molecule has 0 amide bonds. The lowest BCUT2D eigenvalue weighted by atomic mass is 9.95. The van der Waals surface area contributed by atoms with Crippen molar-refractivity contribution in [1.82, 2.24) is 15.1 Å². The van der Waals surface area contributed by atoms with E-state index in [4.69, 9.17) is 11.6 Å². The molecule has 1 N–H and O–H groups in total. The van der Waals surface area contributed by atoms with Crippen LogP contribution in [0.2, 0.25) is 5.02 Å². The second-order valence-corrected chi connectivity index (χ2v) is 4.57. The van der Waals surface area contributed by atoms with E-state index in [1.165, 1.54) is 0 Å². The highest BCUT2D eigenvalue weighted by Crippen LogP contribution is 2.25. The third-order valence-corrected chi connectivity index (χ3v) is 3.47. The number of hydrogen-bond acceptors (Lipinski definition) is 3. The second-order valence-electron chi connectivity index (χ2n) is 4.16. The molecule has 2 atom stereocenters. The topological polar surface area (TPSA) is 46.9 Å². The lowest BCUT2D eigenvalue weighted by Gasteiger charge is -2.14. The Morgan fingerprint density at radius 3 is 3.06 bits per heavy atom. The van der Waals surface area contributed by atoms with Crippen LogP contribution in [0.15, 0.2) is 6.20 Å². The third-order valence-electron chi connectivity index (χ3n) is 3.19. The van der Waals surface area contributed by atoms with Gasteiger partial charge in [-0.05, 0) is 26.8 Å². The molecule has 16 heavy (non-hydrogen) atoms. The van der Waals surface area contributed by atoms with Crippen LogP contribution in [0.25, 0.3) is 0 Å². The molecule has 1 fully saturated rings. The molecule has 2 heterocycles. The zero-order valence-corrected chi connectivity index (χ0v) is 10.3. The van der Waals surface area contributed by atoms with E-state index in [9.17, 15) is 4.79 Å². The zero-order chi connectivity index (χ0) is 11.7. The highest BCUT2D eigenvalue weighted by molar-refractivity contribution is 6.33. The van der Waals surface area contributed by atoms with E-state index in [2.05, 4.69) is 10.4 Å². The first-order valence-electron chi connectivity index (χ1n) is 5.64. The molecular formula is C11H16ClN3O. The summed E-state index contributed by atoms with van der Waals surface area (Å²) in [7, 11) is 0. The van der Waals surface area contributed by atoms with Gasteiger partial charge in [0, 0.05) is 18.5 Å². The fraction of sp³-hybridized carbons (Fsp3) is 0.636. The van der Waals surface area contributed by atoms with Crippen molar-refractivity contribution in [2.45, 2.75) is 32.9 Å². The predicted molar refractivity (Wildman–Crippen MR) is 62.8 cm³/mol. The Bertz CT molecular complexity index is 402. The summed E-state index contributed by atoms with van der Waals surface area (Å²) >= 11 is 6.02. The van der Waals surface area contributed by atoms with Gasteiger partial charge in [0.1, 0.15) is 5.69 Å². The van der Waals surface area contributed by atoms with E-state index in [1.54, 1.807) is 10.9 Å². The number of carbonyl (C=O) groups excluding carboxylic acids is 1. The van der Waals surface area contributed by atoms with Gasteiger partial charge >= 0.3 is 0 Å². The fourth-order valence-corrected chi connectivity index (χ4v) is 2.47. The van der Waals surface area contributed by atoms with Gasteiger partial charge in [-0.2, -0.15) is 5.10 Å². The second kappa shape index (κ2) is 4.55. The van der Waals surface area contributed by atoms with Crippen LogP contribution >= 0.6 is 11.6 Å². The van der Waals surface area contributed by atoms with E-state index in [-0.39, 0.29) is 17.7 Å². The average Bonchev–Trinajstić information content (AvgIpc) is 2.83. The Morgan fingerprint density at radius 1 is 1.75 bits per heavy atom. The minimum atomic E-state index is 0.0273. The summed E-state index contributed by atoms with van der Waals surface area (Å²) in [6.07, 6.45) is 2.43. The molecule has 0 aliphatic carbocycles. The van der Waals surface area contributed by atoms with Crippen molar-refractivity contribution in [3.8, 4) is 0 Å². The Morgan fingerprint density at radius 2 is 2.50 bits per heavy atom. The first-order valence-corrected chi connectivity index (χ1v) is 6.01. The number of aryl methyl sites for hydroxylation is 1. The van der Waals surface area contributed by atoms with Gasteiger partial charge in [-0.15, -0.1) is 0 Å². The smallest absolute Gasteiger partial charge is 0.187 e. The van der Waals surface area contributed by atoms with Gasteiger partial charge in [0.05, 0.1) is 11.2 Å². The monoisotopic (exact) mass is 241 g/mol. The first kappa shape index (κ1) is 11.6. The van der Waals surface area contributed by atoms with Crippen LogP contribution in [0, 0.1) is 5.92 Å². The summed E-state index contributed by atoms with van der Waals surface area (Å²) in [4.78, 5) is 12.3. The molecule has 0 saturated carbocycles. The standard InChI is InChI=1S/C11H16ClN3O/c1-3-15-10(9(12)6-14-15)11(16)8-4-5-13-7(8)2/h6-8,13H,3-5H2,1-2H3. The van der Waals surface area contributed by atoms with Crippen molar-refractivity contribution in [3.05, 3.63) is 16.9 Å². The van der Waals surface area contributed by atoms with Crippen LogP contribution in [0.5, 0.6) is 0 Å². The van der Waals surface area contributed by atoms with Gasteiger partial charge in [0.25, 0.3) is 0 Å². The Hall–Kier alpha value is -0.870. The molecule has 0 radical (unpaired) electrons. The van der Waals surface area contributed by atoms with E-state index >= 15 is 0 Å². The molecule has 1 aromatic rings. The number of nitrogens with zero attached hydrogens (tertiary/aromatic N) is 2. The summed E-state index contributed by atoms with van der Waals surface area (Å²) in [5, 5.41) is 7.83. The van der Waals surface area contributed by atoms with Crippen LogP contribution in [-0.2, 0) is 6.54 Å². The molecule has 4 nitrogen and oxygen atoms in total. The van der Waals surface area contributed by atoms with Crippen molar-refractivity contribution in [3.63, 3.8) is 0 Å². The molecule has 2 rings (SSSR count). The van der Waals surface area contributed by atoms with E-state index in [1.807, 2.05) is 13.8 Å². The van der Waals surface area contributed by atoms with Crippen LogP contribution in [0.3, 0.4) is 0 Å². The van der Waals surface area contributed by atoms with Crippen molar-refractivity contribution < 1.29 is 4.79 Å². The number of ketones is 1. The zero-order valence-electron chi connectivity index (χ0n) is 9.53. The Balaban J connectivity index is 2.29. The molecule has 1 saturated heterocycles. The molecule has 5 heteroatoms. The van der Waals surface area contributed by atoms with Crippen molar-refractivity contribution >= 4 is 17.4 Å². The molecule has 0 spiro atoms. The van der Waals surface area contributed by atoms with Crippen molar-refractivity contribution in [1.29, 1.82) is 0 Å². The molecule has 88 valence electrons. The summed E-state index contributed by atoms with van der Waals surface area (Å²) in [6.45, 7) is 5.56. The quantitative estimate of drug-likeness (QED) is 0.820. The maximum absolute atomic E-state index is 12.3. The lowest BCUT2D eigenvalue weighted by molar-refractivity contribution is 0.0903. The molecule has 1 aromatic heterocycles. The summed E-state index contributed by atoms with van der Waals surface area (Å²) in [5.74, 6) is 0.140. The van der Waals surface area contributed by atoms with Crippen LogP contribution < -0.4 is 5.32 Å². The molecule has 0 aromatic carbocycles. The summed E-state index contributed by atoms with van der Waals surface area (Å²) < 4.78 is 1.68. The average molecular weight is 242 g/mol. The van der Waals surface area contributed by atoms with Gasteiger partial charge in [-0.25, -0.2) is 0 Å². The lowest BCUT2D eigenvalue weighted by Crippen LogP contribution is -2.29. The van der Waals surface area contributed by atoms with E-state index in [0.717, 1.165) is 13.0 Å². The highest BCUT2D eigenvalue weighted by atomic mass is 35.5. The predicted octanol–water partition coefficient (Wildman–Crippen LogP) is 1.74.